The summed E-state index contributed by atoms with van der Waals surface area (Å²) in [7, 11) is -2.60. The summed E-state index contributed by atoms with van der Waals surface area (Å²) in [6, 6.07) is 4.17. The lowest BCUT2D eigenvalue weighted by molar-refractivity contribution is 0.0490. The van der Waals surface area contributed by atoms with Crippen molar-refractivity contribution in [3.63, 3.8) is 0 Å². The standard InChI is InChI=1S/C19H19ClF2N6O4S/c1-11-13(8-23-27(11)3)33(30,31)26-17(29)12-4-5-14(24-16(12)20)28-7-6-15(25-28)32-10-18(2)9-19(18,21)22/h4-8H,9-10H2,1-3H3,(H,26,29). The molecular weight excluding hydrogens is 482 g/mol. The van der Waals surface area contributed by atoms with Gasteiger partial charge in [-0.05, 0) is 19.1 Å². The van der Waals surface area contributed by atoms with E-state index >= 15 is 0 Å². The zero-order chi connectivity index (χ0) is 24.2. The van der Waals surface area contributed by atoms with Gasteiger partial charge < -0.3 is 4.74 Å². The Morgan fingerprint density at radius 1 is 1.33 bits per heavy atom. The van der Waals surface area contributed by atoms with Crippen LogP contribution in [0.5, 0.6) is 5.88 Å². The molecule has 33 heavy (non-hydrogen) atoms. The van der Waals surface area contributed by atoms with Crippen LogP contribution in [-0.4, -0.2) is 51.4 Å². The Hall–Kier alpha value is -3.06. The summed E-state index contributed by atoms with van der Waals surface area (Å²) in [6.45, 7) is 2.80. The molecule has 0 aromatic carbocycles. The monoisotopic (exact) mass is 500 g/mol. The molecule has 1 N–H and O–H groups in total. The van der Waals surface area contributed by atoms with Crippen molar-refractivity contribution in [3.05, 3.63) is 47.0 Å². The second kappa shape index (κ2) is 7.76. The van der Waals surface area contributed by atoms with Crippen LogP contribution in [0.2, 0.25) is 5.15 Å². The molecule has 0 radical (unpaired) electrons. The molecular formula is C19H19ClF2N6O4S. The minimum atomic E-state index is -4.17. The zero-order valence-corrected chi connectivity index (χ0v) is 19.3. The van der Waals surface area contributed by atoms with Gasteiger partial charge in [0.2, 0.25) is 5.88 Å². The maximum absolute atomic E-state index is 13.3. The number of halogens is 3. The van der Waals surface area contributed by atoms with Crippen molar-refractivity contribution >= 4 is 27.5 Å². The SMILES string of the molecule is Cc1c(S(=O)(=O)NC(=O)c2ccc(-n3ccc(OCC4(C)CC4(F)F)n3)nc2Cl)cnn1C. The van der Waals surface area contributed by atoms with E-state index in [0.29, 0.717) is 5.69 Å². The van der Waals surface area contributed by atoms with Crippen LogP contribution < -0.4 is 9.46 Å². The highest BCUT2D eigenvalue weighted by molar-refractivity contribution is 7.90. The highest BCUT2D eigenvalue weighted by Crippen LogP contribution is 2.60. The van der Waals surface area contributed by atoms with Crippen LogP contribution in [0.3, 0.4) is 0 Å². The molecule has 14 heteroatoms. The van der Waals surface area contributed by atoms with Gasteiger partial charge in [0.05, 0.1) is 22.9 Å². The molecule has 1 atom stereocenters. The number of sulfonamides is 1. The van der Waals surface area contributed by atoms with Gasteiger partial charge in [-0.2, -0.15) is 5.10 Å². The molecule has 3 aromatic rings. The number of pyridine rings is 1. The van der Waals surface area contributed by atoms with Gasteiger partial charge in [0.15, 0.2) is 5.82 Å². The van der Waals surface area contributed by atoms with Gasteiger partial charge >= 0.3 is 0 Å². The van der Waals surface area contributed by atoms with Crippen LogP contribution in [0.15, 0.2) is 35.5 Å². The Labute approximate surface area is 192 Å². The smallest absolute Gasteiger partial charge is 0.268 e. The maximum atomic E-state index is 13.3. The topological polar surface area (TPSA) is 121 Å². The van der Waals surface area contributed by atoms with E-state index in [0.717, 1.165) is 6.20 Å². The van der Waals surface area contributed by atoms with Crippen molar-refractivity contribution in [2.24, 2.45) is 12.5 Å². The van der Waals surface area contributed by atoms with E-state index in [4.69, 9.17) is 16.3 Å². The van der Waals surface area contributed by atoms with Gasteiger partial charge in [-0.25, -0.2) is 31.6 Å². The molecule has 176 valence electrons. The summed E-state index contributed by atoms with van der Waals surface area (Å²) >= 11 is 6.11. The molecule has 1 unspecified atom stereocenters. The number of ether oxygens (including phenoxy) is 1. The van der Waals surface area contributed by atoms with Crippen LogP contribution in [0.1, 0.15) is 29.4 Å². The van der Waals surface area contributed by atoms with E-state index in [-0.39, 0.29) is 40.3 Å². The van der Waals surface area contributed by atoms with E-state index in [9.17, 15) is 22.0 Å². The third kappa shape index (κ3) is 4.29. The fourth-order valence-electron chi connectivity index (χ4n) is 3.04. The van der Waals surface area contributed by atoms with Gasteiger partial charge in [0.1, 0.15) is 16.7 Å². The first-order chi connectivity index (χ1) is 15.3. The lowest BCUT2D eigenvalue weighted by Crippen LogP contribution is -2.31. The second-order valence-electron chi connectivity index (χ2n) is 7.99. The summed E-state index contributed by atoms with van der Waals surface area (Å²) in [6.07, 6.45) is 2.38. The van der Waals surface area contributed by atoms with E-state index in [1.165, 1.54) is 40.7 Å². The molecule has 1 saturated carbocycles. The third-order valence-corrected chi connectivity index (χ3v) is 7.22. The molecule has 3 heterocycles. The van der Waals surface area contributed by atoms with Gasteiger partial charge in [0.25, 0.3) is 21.9 Å². The number of alkyl halides is 2. The third-order valence-electron chi connectivity index (χ3n) is 5.49. The van der Waals surface area contributed by atoms with Crippen LogP contribution in [0, 0.1) is 12.3 Å². The number of nitrogens with one attached hydrogen (secondary N) is 1. The molecule has 1 amide bonds. The number of nitrogens with zero attached hydrogens (tertiary/aromatic N) is 5. The fourth-order valence-corrected chi connectivity index (χ4v) is 4.45. The van der Waals surface area contributed by atoms with Gasteiger partial charge in [0, 0.05) is 25.7 Å². The number of aromatic nitrogens is 5. The lowest BCUT2D eigenvalue weighted by atomic mass is 10.1. The number of rotatable bonds is 7. The largest absolute Gasteiger partial charge is 0.476 e. The minimum Gasteiger partial charge on any atom is -0.476 e. The van der Waals surface area contributed by atoms with Crippen LogP contribution in [0.25, 0.3) is 5.82 Å². The van der Waals surface area contributed by atoms with Gasteiger partial charge in [-0.1, -0.05) is 18.5 Å². The van der Waals surface area contributed by atoms with Crippen molar-refractivity contribution in [2.75, 3.05) is 6.61 Å². The Morgan fingerprint density at radius 2 is 2.03 bits per heavy atom. The Kier molecular flexibility index (Phi) is 5.44. The fraction of sp³-hybridized carbons (Fsp3) is 0.368. The maximum Gasteiger partial charge on any atom is 0.268 e. The molecule has 1 aliphatic rings. The summed E-state index contributed by atoms with van der Waals surface area (Å²) < 4.78 is 61.6. The molecule has 0 spiro atoms. The molecule has 0 saturated heterocycles. The normalized spacial score (nSPS) is 19.3. The van der Waals surface area contributed by atoms with E-state index in [1.54, 1.807) is 14.0 Å². The molecule has 4 rings (SSSR count). The average molecular weight is 501 g/mol. The minimum absolute atomic E-state index is 0.122. The van der Waals surface area contributed by atoms with Crippen LogP contribution in [-0.2, 0) is 17.1 Å². The molecule has 0 aliphatic heterocycles. The van der Waals surface area contributed by atoms with E-state index in [2.05, 4.69) is 15.2 Å². The lowest BCUT2D eigenvalue weighted by Gasteiger charge is -2.10. The average Bonchev–Trinajstić information content (AvgIpc) is 3.09. The van der Waals surface area contributed by atoms with E-state index in [1.807, 2.05) is 4.72 Å². The Morgan fingerprint density at radius 3 is 2.61 bits per heavy atom. The van der Waals surface area contributed by atoms with Crippen molar-refractivity contribution in [1.29, 1.82) is 0 Å². The Bertz CT molecular complexity index is 1360. The molecule has 10 nitrogen and oxygen atoms in total. The second-order valence-corrected chi connectivity index (χ2v) is 10.00. The van der Waals surface area contributed by atoms with Crippen LogP contribution >= 0.6 is 11.6 Å². The molecule has 0 bridgehead atoms. The number of amides is 1. The first-order valence-electron chi connectivity index (χ1n) is 9.62. The van der Waals surface area contributed by atoms with E-state index < -0.39 is 27.3 Å². The summed E-state index contributed by atoms with van der Waals surface area (Å²) in [5.41, 5.74) is -1.02. The number of carbonyl (C=O) groups excluding carboxylic acids is 1. The number of hydrogen-bond donors (Lipinski definition) is 1. The zero-order valence-electron chi connectivity index (χ0n) is 17.7. The summed E-state index contributed by atoms with van der Waals surface area (Å²) in [4.78, 5) is 16.4. The van der Waals surface area contributed by atoms with Crippen molar-refractivity contribution < 1.29 is 26.7 Å². The quantitative estimate of drug-likeness (QED) is 0.495. The molecule has 1 fully saturated rings. The predicted molar refractivity (Wildman–Crippen MR) is 112 cm³/mol. The number of carbonyl (C=O) groups is 1. The summed E-state index contributed by atoms with van der Waals surface area (Å²) in [5, 5.41) is 7.71. The Balaban J connectivity index is 1.47. The van der Waals surface area contributed by atoms with Crippen LogP contribution in [0.4, 0.5) is 8.78 Å². The number of aryl methyl sites for hydroxylation is 1. The van der Waals surface area contributed by atoms with Crippen molar-refractivity contribution in [3.8, 4) is 11.7 Å². The molecule has 3 aromatic heterocycles. The van der Waals surface area contributed by atoms with Crippen molar-refractivity contribution in [1.82, 2.24) is 29.3 Å². The highest BCUT2D eigenvalue weighted by atomic mass is 35.5. The first-order valence-corrected chi connectivity index (χ1v) is 11.5. The first kappa shape index (κ1) is 23.1. The summed E-state index contributed by atoms with van der Waals surface area (Å²) in [5.74, 6) is -3.38. The van der Waals surface area contributed by atoms with Gasteiger partial charge in [-0.3, -0.25) is 9.48 Å². The predicted octanol–water partition coefficient (Wildman–Crippen LogP) is 2.51. The molecule has 1 aliphatic carbocycles. The van der Waals surface area contributed by atoms with Gasteiger partial charge in [-0.15, -0.1) is 5.10 Å². The van der Waals surface area contributed by atoms with Crippen molar-refractivity contribution in [2.45, 2.75) is 31.1 Å². The highest BCUT2D eigenvalue weighted by Gasteiger charge is 2.68. The number of hydrogen-bond acceptors (Lipinski definition) is 7.